The Morgan fingerprint density at radius 1 is 1.33 bits per heavy atom. The van der Waals surface area contributed by atoms with Crippen LogP contribution in [0.3, 0.4) is 0 Å². The molecule has 4 nitrogen and oxygen atoms in total. The van der Waals surface area contributed by atoms with E-state index in [1.165, 1.54) is 0 Å². The Bertz CT molecular complexity index is 444. The molecule has 96 valence electrons. The molecule has 0 aromatic heterocycles. The number of amides is 1. The van der Waals surface area contributed by atoms with E-state index in [2.05, 4.69) is 5.32 Å². The van der Waals surface area contributed by atoms with E-state index in [4.69, 9.17) is 4.74 Å². The Kier molecular flexibility index (Phi) is 2.96. The molecule has 2 aliphatic rings. The molecule has 0 saturated carbocycles. The average Bonchev–Trinajstić information content (AvgIpc) is 2.94. The van der Waals surface area contributed by atoms with Crippen LogP contribution in [0.1, 0.15) is 12.0 Å². The van der Waals surface area contributed by atoms with Crippen LogP contribution in [0.25, 0.3) is 0 Å². The molecule has 0 radical (unpaired) electrons. The van der Waals surface area contributed by atoms with Crippen molar-refractivity contribution in [2.75, 3.05) is 20.2 Å². The minimum atomic E-state index is 0.294. The normalized spacial score (nSPS) is 26.5. The summed E-state index contributed by atoms with van der Waals surface area (Å²) < 4.78 is 5.14. The zero-order valence-electron chi connectivity index (χ0n) is 10.6. The van der Waals surface area contributed by atoms with Gasteiger partial charge in [0.1, 0.15) is 5.75 Å². The van der Waals surface area contributed by atoms with Gasteiger partial charge >= 0.3 is 0 Å². The highest BCUT2D eigenvalue weighted by Gasteiger charge is 2.42. The number of carbonyl (C=O) groups excluding carboxylic acids is 1. The zero-order chi connectivity index (χ0) is 12.5. The smallest absolute Gasteiger partial charge is 0.223 e. The summed E-state index contributed by atoms with van der Waals surface area (Å²) >= 11 is 0. The number of nitrogens with one attached hydrogen (secondary N) is 1. The van der Waals surface area contributed by atoms with Crippen molar-refractivity contribution in [2.24, 2.45) is 5.92 Å². The van der Waals surface area contributed by atoms with Crippen LogP contribution in [0.4, 0.5) is 0 Å². The van der Waals surface area contributed by atoms with E-state index in [1.54, 1.807) is 7.11 Å². The van der Waals surface area contributed by atoms with Gasteiger partial charge in [-0.15, -0.1) is 0 Å². The number of ether oxygens (including phenoxy) is 1. The van der Waals surface area contributed by atoms with E-state index < -0.39 is 0 Å². The first-order valence-corrected chi connectivity index (χ1v) is 6.41. The van der Waals surface area contributed by atoms with Crippen LogP contribution in [0.5, 0.6) is 5.75 Å². The largest absolute Gasteiger partial charge is 0.497 e. The summed E-state index contributed by atoms with van der Waals surface area (Å²) in [7, 11) is 1.66. The van der Waals surface area contributed by atoms with Crippen molar-refractivity contribution in [3.8, 4) is 5.75 Å². The maximum Gasteiger partial charge on any atom is 0.223 e. The highest BCUT2D eigenvalue weighted by Crippen LogP contribution is 2.29. The Hall–Kier alpha value is -1.55. The fourth-order valence-corrected chi connectivity index (χ4v) is 2.95. The number of rotatable bonds is 3. The Morgan fingerprint density at radius 3 is 2.83 bits per heavy atom. The summed E-state index contributed by atoms with van der Waals surface area (Å²) in [6.07, 6.45) is 0.702. The molecule has 1 N–H and O–H groups in total. The molecule has 1 aromatic carbocycles. The first-order chi connectivity index (χ1) is 8.78. The fraction of sp³-hybridized carbons (Fsp3) is 0.500. The highest BCUT2D eigenvalue weighted by atomic mass is 16.5. The van der Waals surface area contributed by atoms with Gasteiger partial charge in [-0.1, -0.05) is 12.1 Å². The van der Waals surface area contributed by atoms with Gasteiger partial charge in [0.15, 0.2) is 0 Å². The fourth-order valence-electron chi connectivity index (χ4n) is 2.95. The van der Waals surface area contributed by atoms with Crippen LogP contribution in [-0.2, 0) is 11.3 Å². The summed E-state index contributed by atoms with van der Waals surface area (Å²) in [5.41, 5.74) is 1.16. The van der Waals surface area contributed by atoms with Crippen molar-refractivity contribution in [3.63, 3.8) is 0 Å². The molecule has 2 unspecified atom stereocenters. The summed E-state index contributed by atoms with van der Waals surface area (Å²) in [4.78, 5) is 14.0. The van der Waals surface area contributed by atoms with Crippen LogP contribution < -0.4 is 10.1 Å². The van der Waals surface area contributed by atoms with Crippen molar-refractivity contribution < 1.29 is 9.53 Å². The average molecular weight is 246 g/mol. The maximum absolute atomic E-state index is 12.0. The van der Waals surface area contributed by atoms with Gasteiger partial charge in [-0.25, -0.2) is 0 Å². The topological polar surface area (TPSA) is 41.6 Å². The third-order valence-corrected chi connectivity index (χ3v) is 3.97. The van der Waals surface area contributed by atoms with Gasteiger partial charge in [0.05, 0.1) is 7.11 Å². The number of hydrogen-bond acceptors (Lipinski definition) is 3. The molecule has 0 aliphatic carbocycles. The van der Waals surface area contributed by atoms with Crippen molar-refractivity contribution in [1.82, 2.24) is 10.2 Å². The van der Waals surface area contributed by atoms with Crippen molar-refractivity contribution >= 4 is 5.91 Å². The van der Waals surface area contributed by atoms with Crippen LogP contribution in [-0.4, -0.2) is 37.0 Å². The van der Waals surface area contributed by atoms with E-state index in [0.717, 1.165) is 24.4 Å². The predicted molar refractivity (Wildman–Crippen MR) is 68.3 cm³/mol. The maximum atomic E-state index is 12.0. The van der Waals surface area contributed by atoms with E-state index in [0.29, 0.717) is 30.8 Å². The number of methoxy groups -OCH3 is 1. The number of nitrogens with zero attached hydrogens (tertiary/aromatic N) is 1. The molecule has 2 saturated heterocycles. The van der Waals surface area contributed by atoms with Gasteiger partial charge in [-0.3, -0.25) is 4.79 Å². The van der Waals surface area contributed by atoms with E-state index in [9.17, 15) is 4.79 Å². The summed E-state index contributed by atoms with van der Waals surface area (Å²) in [6.45, 7) is 2.63. The number of fused-ring (bicyclic) bond motifs is 1. The lowest BCUT2D eigenvalue weighted by molar-refractivity contribution is -0.129. The van der Waals surface area contributed by atoms with Crippen molar-refractivity contribution in [2.45, 2.75) is 19.0 Å². The number of benzene rings is 1. The first-order valence-electron chi connectivity index (χ1n) is 6.41. The minimum absolute atomic E-state index is 0.294. The van der Waals surface area contributed by atoms with E-state index in [1.807, 2.05) is 29.2 Å². The summed E-state index contributed by atoms with van der Waals surface area (Å²) in [5, 5.41) is 3.36. The molecule has 4 heteroatoms. The standard InChI is InChI=1S/C14H18N2O2/c1-18-12-4-2-10(3-5-12)9-16-13-8-15-7-11(13)6-14(16)17/h2-5,11,13,15H,6-9H2,1H3. The molecule has 1 amide bonds. The van der Waals surface area contributed by atoms with Crippen LogP contribution in [0.15, 0.2) is 24.3 Å². The lowest BCUT2D eigenvalue weighted by atomic mass is 10.0. The third kappa shape index (κ3) is 1.97. The number of likely N-dealkylation sites (tertiary alicyclic amines) is 1. The molecule has 2 aliphatic heterocycles. The zero-order valence-corrected chi connectivity index (χ0v) is 10.6. The van der Waals surface area contributed by atoms with Gasteiger partial charge in [-0.2, -0.15) is 0 Å². The van der Waals surface area contributed by atoms with Gasteiger partial charge in [0.25, 0.3) is 0 Å². The van der Waals surface area contributed by atoms with E-state index in [-0.39, 0.29) is 0 Å². The molecule has 0 spiro atoms. The SMILES string of the molecule is COc1ccc(CN2C(=O)CC3CNCC32)cc1. The number of hydrogen-bond donors (Lipinski definition) is 1. The predicted octanol–water partition coefficient (Wildman–Crippen LogP) is 1.02. The summed E-state index contributed by atoms with van der Waals surface area (Å²) in [6, 6.07) is 8.34. The Balaban J connectivity index is 1.73. The lowest BCUT2D eigenvalue weighted by Crippen LogP contribution is -2.36. The first kappa shape index (κ1) is 11.5. The van der Waals surface area contributed by atoms with Crippen LogP contribution in [0.2, 0.25) is 0 Å². The minimum Gasteiger partial charge on any atom is -0.497 e. The molecule has 0 bridgehead atoms. The Morgan fingerprint density at radius 2 is 2.11 bits per heavy atom. The second-order valence-corrected chi connectivity index (χ2v) is 5.06. The molecule has 2 fully saturated rings. The molecular formula is C14H18N2O2. The van der Waals surface area contributed by atoms with Gasteiger partial charge < -0.3 is 15.0 Å². The molecule has 2 heterocycles. The Labute approximate surface area is 107 Å². The highest BCUT2D eigenvalue weighted by molar-refractivity contribution is 5.79. The molecule has 3 rings (SSSR count). The summed E-state index contributed by atoms with van der Waals surface area (Å²) in [5.74, 6) is 1.66. The van der Waals surface area contributed by atoms with Gasteiger partial charge in [-0.05, 0) is 17.7 Å². The number of carbonyl (C=O) groups is 1. The molecule has 18 heavy (non-hydrogen) atoms. The van der Waals surface area contributed by atoms with Gasteiger partial charge in [0.2, 0.25) is 5.91 Å². The molecular weight excluding hydrogens is 228 g/mol. The monoisotopic (exact) mass is 246 g/mol. The van der Waals surface area contributed by atoms with Crippen LogP contribution >= 0.6 is 0 Å². The van der Waals surface area contributed by atoms with Crippen LogP contribution in [0, 0.1) is 5.92 Å². The second-order valence-electron chi connectivity index (χ2n) is 5.06. The van der Waals surface area contributed by atoms with Gasteiger partial charge in [0, 0.05) is 38.0 Å². The van der Waals surface area contributed by atoms with Crippen molar-refractivity contribution in [3.05, 3.63) is 29.8 Å². The quantitative estimate of drug-likeness (QED) is 0.865. The third-order valence-electron chi connectivity index (χ3n) is 3.97. The van der Waals surface area contributed by atoms with E-state index >= 15 is 0 Å². The second kappa shape index (κ2) is 4.61. The lowest BCUT2D eigenvalue weighted by Gasteiger charge is -2.23. The van der Waals surface area contributed by atoms with Crippen molar-refractivity contribution in [1.29, 1.82) is 0 Å². The molecule has 1 aromatic rings. The molecule has 2 atom stereocenters.